The molecular formula is C21H23N5O4S2. The van der Waals surface area contributed by atoms with Crippen LogP contribution in [0.1, 0.15) is 21.5 Å². The molecule has 1 aliphatic rings. The Labute approximate surface area is 190 Å². The highest BCUT2D eigenvalue weighted by atomic mass is 32.2. The Morgan fingerprint density at radius 3 is 2.44 bits per heavy atom. The highest BCUT2D eigenvalue weighted by Gasteiger charge is 2.21. The number of aromatic nitrogens is 2. The first-order valence-electron chi connectivity index (χ1n) is 10.0. The molecule has 9 nitrogen and oxygen atoms in total. The molecule has 0 spiro atoms. The molecule has 1 saturated heterocycles. The first kappa shape index (κ1) is 22.3. The highest BCUT2D eigenvalue weighted by Crippen LogP contribution is 2.21. The maximum absolute atomic E-state index is 12.6. The third kappa shape index (κ3) is 5.49. The zero-order valence-corrected chi connectivity index (χ0v) is 19.1. The van der Waals surface area contributed by atoms with Crippen LogP contribution >= 0.6 is 11.3 Å². The van der Waals surface area contributed by atoms with E-state index in [1.54, 1.807) is 12.1 Å². The number of morpholine rings is 1. The molecule has 1 fully saturated rings. The van der Waals surface area contributed by atoms with Crippen LogP contribution in [0.2, 0.25) is 0 Å². The molecule has 1 aliphatic heterocycles. The maximum atomic E-state index is 12.6. The van der Waals surface area contributed by atoms with Crippen molar-refractivity contribution in [2.45, 2.75) is 17.8 Å². The summed E-state index contributed by atoms with van der Waals surface area (Å²) in [5.74, 6) is -0.376. The zero-order valence-electron chi connectivity index (χ0n) is 17.4. The number of rotatable bonds is 7. The molecule has 0 aliphatic carbocycles. The molecule has 0 unspecified atom stereocenters. The van der Waals surface area contributed by atoms with Crippen LogP contribution in [-0.2, 0) is 21.3 Å². The Hall–Kier alpha value is -2.86. The Morgan fingerprint density at radius 1 is 1.06 bits per heavy atom. The van der Waals surface area contributed by atoms with Crippen LogP contribution in [-0.4, -0.2) is 50.8 Å². The molecule has 32 heavy (non-hydrogen) atoms. The largest absolute Gasteiger partial charge is 0.378 e. The lowest BCUT2D eigenvalue weighted by Crippen LogP contribution is -2.36. The minimum atomic E-state index is -3.86. The van der Waals surface area contributed by atoms with Gasteiger partial charge < -0.3 is 9.64 Å². The Kier molecular flexibility index (Phi) is 6.80. The van der Waals surface area contributed by atoms with Gasteiger partial charge in [0.15, 0.2) is 0 Å². The zero-order chi connectivity index (χ0) is 22.6. The number of hydrogen-bond acceptors (Lipinski definition) is 8. The van der Waals surface area contributed by atoms with Gasteiger partial charge in [-0.2, -0.15) is 0 Å². The molecule has 0 saturated carbocycles. The summed E-state index contributed by atoms with van der Waals surface area (Å²) in [5.41, 5.74) is 3.39. The van der Waals surface area contributed by atoms with Crippen molar-refractivity contribution in [2.24, 2.45) is 0 Å². The van der Waals surface area contributed by atoms with Crippen molar-refractivity contribution in [1.82, 2.24) is 14.9 Å². The summed E-state index contributed by atoms with van der Waals surface area (Å²) in [7, 11) is -3.86. The van der Waals surface area contributed by atoms with E-state index < -0.39 is 10.0 Å². The van der Waals surface area contributed by atoms with Gasteiger partial charge in [0.25, 0.3) is 15.9 Å². The van der Waals surface area contributed by atoms with Crippen LogP contribution in [0.5, 0.6) is 0 Å². The summed E-state index contributed by atoms with van der Waals surface area (Å²) >= 11 is 0.799. The summed E-state index contributed by atoms with van der Waals surface area (Å²) in [4.78, 5) is 14.5. The number of aryl methyl sites for hydroxylation is 1. The standard InChI is InChI=1S/C21H23N5O4S2/c1-15-2-6-17(7-3-15)19(27)23-20-24-25-21(31-20)32(28,29)22-14-16-4-8-18(9-5-16)26-10-12-30-13-11-26/h2-9,22H,10-14H2,1H3,(H,23,24,27). The second-order valence-electron chi connectivity index (χ2n) is 7.28. The van der Waals surface area contributed by atoms with Crippen molar-refractivity contribution in [3.8, 4) is 0 Å². The van der Waals surface area contributed by atoms with E-state index in [4.69, 9.17) is 4.74 Å². The fraction of sp³-hybridized carbons (Fsp3) is 0.286. The van der Waals surface area contributed by atoms with E-state index in [0.717, 1.165) is 41.2 Å². The smallest absolute Gasteiger partial charge is 0.270 e. The predicted octanol–water partition coefficient (Wildman–Crippen LogP) is 2.41. The number of sulfonamides is 1. The average molecular weight is 474 g/mol. The van der Waals surface area contributed by atoms with Crippen molar-refractivity contribution in [3.05, 3.63) is 65.2 Å². The van der Waals surface area contributed by atoms with Gasteiger partial charge in [0, 0.05) is 30.9 Å². The topological polar surface area (TPSA) is 114 Å². The number of carbonyl (C=O) groups excluding carboxylic acids is 1. The van der Waals surface area contributed by atoms with Gasteiger partial charge in [0.1, 0.15) is 0 Å². The maximum Gasteiger partial charge on any atom is 0.270 e. The molecule has 2 N–H and O–H groups in total. The second-order valence-corrected chi connectivity index (χ2v) is 10.2. The second kappa shape index (κ2) is 9.74. The molecule has 168 valence electrons. The quantitative estimate of drug-likeness (QED) is 0.507. The lowest BCUT2D eigenvalue weighted by molar-refractivity contribution is 0.102. The van der Waals surface area contributed by atoms with Gasteiger partial charge in [-0.3, -0.25) is 10.1 Å². The van der Waals surface area contributed by atoms with Crippen molar-refractivity contribution in [1.29, 1.82) is 0 Å². The summed E-state index contributed by atoms with van der Waals surface area (Å²) in [6, 6.07) is 14.7. The Balaban J connectivity index is 1.35. The van der Waals surface area contributed by atoms with Gasteiger partial charge in [-0.1, -0.05) is 41.2 Å². The van der Waals surface area contributed by atoms with Crippen LogP contribution in [0.3, 0.4) is 0 Å². The van der Waals surface area contributed by atoms with E-state index in [9.17, 15) is 13.2 Å². The first-order chi connectivity index (χ1) is 15.4. The molecule has 11 heteroatoms. The van der Waals surface area contributed by atoms with Crippen LogP contribution in [0, 0.1) is 6.92 Å². The van der Waals surface area contributed by atoms with E-state index in [1.807, 2.05) is 43.3 Å². The summed E-state index contributed by atoms with van der Waals surface area (Å²) in [6.45, 7) is 5.14. The van der Waals surface area contributed by atoms with E-state index in [0.29, 0.717) is 18.8 Å². The monoisotopic (exact) mass is 473 g/mol. The van der Waals surface area contributed by atoms with Crippen molar-refractivity contribution in [2.75, 3.05) is 36.5 Å². The first-order valence-corrected chi connectivity index (χ1v) is 12.3. The van der Waals surface area contributed by atoms with E-state index in [-0.39, 0.29) is 21.9 Å². The SMILES string of the molecule is Cc1ccc(C(=O)Nc2nnc(S(=O)(=O)NCc3ccc(N4CCOCC4)cc3)s2)cc1. The third-order valence-electron chi connectivity index (χ3n) is 4.95. The summed E-state index contributed by atoms with van der Waals surface area (Å²) in [5, 5.41) is 10.2. The summed E-state index contributed by atoms with van der Waals surface area (Å²) in [6.07, 6.45) is 0. The molecule has 0 bridgehead atoms. The molecule has 4 rings (SSSR count). The number of nitrogens with zero attached hydrogens (tertiary/aromatic N) is 3. The van der Waals surface area contributed by atoms with Crippen molar-refractivity contribution < 1.29 is 17.9 Å². The van der Waals surface area contributed by atoms with Crippen LogP contribution < -0.4 is 14.9 Å². The Morgan fingerprint density at radius 2 is 1.75 bits per heavy atom. The number of anilines is 2. The minimum Gasteiger partial charge on any atom is -0.378 e. The molecule has 2 aromatic carbocycles. The Bertz CT molecular complexity index is 1170. The van der Waals surface area contributed by atoms with Gasteiger partial charge in [0.05, 0.1) is 13.2 Å². The summed E-state index contributed by atoms with van der Waals surface area (Å²) < 4.78 is 32.9. The van der Waals surface area contributed by atoms with Crippen molar-refractivity contribution in [3.63, 3.8) is 0 Å². The van der Waals surface area contributed by atoms with E-state index >= 15 is 0 Å². The van der Waals surface area contributed by atoms with E-state index in [2.05, 4.69) is 25.1 Å². The fourth-order valence-electron chi connectivity index (χ4n) is 3.13. The van der Waals surface area contributed by atoms with E-state index in [1.165, 1.54) is 0 Å². The van der Waals surface area contributed by atoms with Crippen LogP contribution in [0.15, 0.2) is 52.9 Å². The molecule has 1 amide bonds. The van der Waals surface area contributed by atoms with Crippen LogP contribution in [0.25, 0.3) is 0 Å². The number of amides is 1. The highest BCUT2D eigenvalue weighted by molar-refractivity contribution is 7.91. The number of hydrogen-bond donors (Lipinski definition) is 2. The average Bonchev–Trinajstić information content (AvgIpc) is 3.29. The molecule has 0 radical (unpaired) electrons. The molecular weight excluding hydrogens is 450 g/mol. The number of nitrogens with one attached hydrogen (secondary N) is 2. The molecule has 0 atom stereocenters. The van der Waals surface area contributed by atoms with Gasteiger partial charge in [-0.25, -0.2) is 13.1 Å². The lowest BCUT2D eigenvalue weighted by Gasteiger charge is -2.28. The van der Waals surface area contributed by atoms with Gasteiger partial charge >= 0.3 is 0 Å². The normalized spacial score (nSPS) is 14.3. The molecule has 2 heterocycles. The number of benzene rings is 2. The number of carbonyl (C=O) groups is 1. The fourth-order valence-corrected chi connectivity index (χ4v) is 5.08. The minimum absolute atomic E-state index is 0.116. The molecule has 3 aromatic rings. The van der Waals surface area contributed by atoms with Crippen molar-refractivity contribution >= 4 is 38.1 Å². The molecule has 1 aromatic heterocycles. The predicted molar refractivity (Wildman–Crippen MR) is 123 cm³/mol. The van der Waals surface area contributed by atoms with Gasteiger partial charge in [-0.05, 0) is 36.8 Å². The lowest BCUT2D eigenvalue weighted by atomic mass is 10.1. The van der Waals surface area contributed by atoms with Gasteiger partial charge in [-0.15, -0.1) is 10.2 Å². The third-order valence-corrected chi connectivity index (χ3v) is 7.56. The number of ether oxygens (including phenoxy) is 1. The van der Waals surface area contributed by atoms with Gasteiger partial charge in [0.2, 0.25) is 9.47 Å². The van der Waals surface area contributed by atoms with Crippen LogP contribution in [0.4, 0.5) is 10.8 Å².